The van der Waals surface area contributed by atoms with E-state index in [1.165, 1.54) is 32.4 Å². The summed E-state index contributed by atoms with van der Waals surface area (Å²) >= 11 is 0. The number of hydrogen-bond donors (Lipinski definition) is 1. The van der Waals surface area contributed by atoms with Crippen LogP contribution < -0.4 is 19.1 Å². The molecule has 8 nitrogen and oxygen atoms in total. The highest BCUT2D eigenvalue weighted by Gasteiger charge is 2.19. The summed E-state index contributed by atoms with van der Waals surface area (Å²) in [6.07, 6.45) is 2.27. The van der Waals surface area contributed by atoms with E-state index in [0.29, 0.717) is 11.5 Å². The van der Waals surface area contributed by atoms with Crippen LogP contribution in [0.5, 0.6) is 11.5 Å². The third kappa shape index (κ3) is 3.76. The number of nitrogens with one attached hydrogen (secondary N) is 1. The summed E-state index contributed by atoms with van der Waals surface area (Å²) in [5.74, 6) is 1.71. The van der Waals surface area contributed by atoms with Gasteiger partial charge < -0.3 is 14.4 Å². The van der Waals surface area contributed by atoms with Crippen LogP contribution in [0.4, 0.5) is 11.6 Å². The van der Waals surface area contributed by atoms with Gasteiger partial charge in [-0.05, 0) is 37.1 Å². The second-order valence-corrected chi connectivity index (χ2v) is 7.28. The van der Waals surface area contributed by atoms with Gasteiger partial charge in [0, 0.05) is 19.2 Å². The first kappa shape index (κ1) is 17.3. The Morgan fingerprint density at radius 1 is 1.00 bits per heavy atom. The predicted octanol–water partition coefficient (Wildman–Crippen LogP) is 1.89. The number of nitrogens with zero attached hydrogens (tertiary/aromatic N) is 3. The Labute approximate surface area is 146 Å². The molecule has 3 rings (SSSR count). The average Bonchev–Trinajstić information content (AvgIpc) is 3.16. The van der Waals surface area contributed by atoms with E-state index in [9.17, 15) is 8.42 Å². The largest absolute Gasteiger partial charge is 0.493 e. The van der Waals surface area contributed by atoms with Crippen LogP contribution in [0.25, 0.3) is 0 Å². The topological polar surface area (TPSA) is 93.7 Å². The molecule has 0 unspecified atom stereocenters. The van der Waals surface area contributed by atoms with Crippen LogP contribution in [0, 0.1) is 0 Å². The molecule has 2 heterocycles. The lowest BCUT2D eigenvalue weighted by atomic mass is 10.3. The maximum Gasteiger partial charge on any atom is 0.263 e. The van der Waals surface area contributed by atoms with Crippen molar-refractivity contribution < 1.29 is 17.9 Å². The van der Waals surface area contributed by atoms with Crippen LogP contribution >= 0.6 is 0 Å². The zero-order valence-corrected chi connectivity index (χ0v) is 14.9. The number of ether oxygens (including phenoxy) is 2. The minimum atomic E-state index is -3.80. The van der Waals surface area contributed by atoms with Crippen LogP contribution in [0.1, 0.15) is 12.8 Å². The second-order valence-electron chi connectivity index (χ2n) is 5.59. The Morgan fingerprint density at radius 2 is 1.72 bits per heavy atom. The van der Waals surface area contributed by atoms with Crippen molar-refractivity contribution in [3.05, 3.63) is 30.3 Å². The first-order valence-corrected chi connectivity index (χ1v) is 9.35. The zero-order valence-electron chi connectivity index (χ0n) is 14.1. The van der Waals surface area contributed by atoms with Crippen molar-refractivity contribution in [1.29, 1.82) is 0 Å². The van der Waals surface area contributed by atoms with E-state index in [1.54, 1.807) is 12.1 Å². The fourth-order valence-corrected chi connectivity index (χ4v) is 3.69. The van der Waals surface area contributed by atoms with Crippen LogP contribution in [-0.4, -0.2) is 45.9 Å². The number of sulfonamides is 1. The fraction of sp³-hybridized carbons (Fsp3) is 0.375. The van der Waals surface area contributed by atoms with Crippen molar-refractivity contribution in [3.8, 4) is 11.5 Å². The highest BCUT2D eigenvalue weighted by molar-refractivity contribution is 7.92. The minimum Gasteiger partial charge on any atom is -0.493 e. The van der Waals surface area contributed by atoms with E-state index in [2.05, 4.69) is 19.8 Å². The normalized spacial score (nSPS) is 14.4. The van der Waals surface area contributed by atoms with Gasteiger partial charge in [0.2, 0.25) is 0 Å². The van der Waals surface area contributed by atoms with Gasteiger partial charge in [0.05, 0.1) is 19.1 Å². The molecule has 1 fully saturated rings. The van der Waals surface area contributed by atoms with Crippen LogP contribution in [-0.2, 0) is 10.0 Å². The van der Waals surface area contributed by atoms with Crippen molar-refractivity contribution >= 4 is 21.7 Å². The van der Waals surface area contributed by atoms with Gasteiger partial charge in [-0.2, -0.15) is 0 Å². The lowest BCUT2D eigenvalue weighted by Gasteiger charge is -2.15. The molecule has 2 aromatic rings. The molecule has 1 aromatic carbocycles. The molecule has 134 valence electrons. The standard InChI is InChI=1S/C16H20N4O4S/c1-23-13-6-5-12(11-14(13)24-2)25(21,22)19-15-7-8-16(18-17-15)20-9-3-4-10-20/h5-8,11H,3-4,9-10H2,1-2H3,(H,17,19). The average molecular weight is 364 g/mol. The number of rotatable bonds is 6. The van der Waals surface area contributed by atoms with Crippen molar-refractivity contribution in [2.45, 2.75) is 17.7 Å². The van der Waals surface area contributed by atoms with Crippen molar-refractivity contribution in [1.82, 2.24) is 10.2 Å². The fourth-order valence-electron chi connectivity index (χ4n) is 2.67. The Bertz CT molecular complexity index is 834. The Hall–Kier alpha value is -2.55. The lowest BCUT2D eigenvalue weighted by Crippen LogP contribution is -2.20. The molecule has 25 heavy (non-hydrogen) atoms. The molecule has 0 amide bonds. The van der Waals surface area contributed by atoms with Gasteiger partial charge in [0.25, 0.3) is 10.0 Å². The summed E-state index contributed by atoms with van der Waals surface area (Å²) in [6, 6.07) is 7.75. The SMILES string of the molecule is COc1ccc(S(=O)(=O)Nc2ccc(N3CCCC3)nn2)cc1OC. The van der Waals surface area contributed by atoms with Gasteiger partial charge in [-0.25, -0.2) is 8.42 Å². The molecule has 1 N–H and O–H groups in total. The molecule has 1 aliphatic heterocycles. The number of aromatic nitrogens is 2. The molecule has 0 saturated carbocycles. The molecule has 1 aliphatic rings. The van der Waals surface area contributed by atoms with Gasteiger partial charge in [0.1, 0.15) is 0 Å². The molecule has 0 spiro atoms. The lowest BCUT2D eigenvalue weighted by molar-refractivity contribution is 0.354. The second kappa shape index (κ2) is 7.14. The zero-order chi connectivity index (χ0) is 17.9. The summed E-state index contributed by atoms with van der Waals surface area (Å²) in [5, 5.41) is 8.08. The third-order valence-corrected chi connectivity index (χ3v) is 5.34. The Kier molecular flexibility index (Phi) is 4.93. The first-order valence-electron chi connectivity index (χ1n) is 7.87. The molecule has 0 radical (unpaired) electrons. The van der Waals surface area contributed by atoms with Crippen molar-refractivity contribution in [3.63, 3.8) is 0 Å². The van der Waals surface area contributed by atoms with E-state index in [4.69, 9.17) is 9.47 Å². The van der Waals surface area contributed by atoms with E-state index in [1.807, 2.05) is 0 Å². The van der Waals surface area contributed by atoms with Crippen LogP contribution in [0.3, 0.4) is 0 Å². The Balaban J connectivity index is 1.79. The van der Waals surface area contributed by atoms with Gasteiger partial charge in [-0.1, -0.05) is 0 Å². The van der Waals surface area contributed by atoms with Crippen LogP contribution in [0.15, 0.2) is 35.2 Å². The molecule has 1 aromatic heterocycles. The van der Waals surface area contributed by atoms with Gasteiger partial charge in [-0.3, -0.25) is 4.72 Å². The van der Waals surface area contributed by atoms with Crippen molar-refractivity contribution in [2.24, 2.45) is 0 Å². The number of methoxy groups -OCH3 is 2. The van der Waals surface area contributed by atoms with E-state index < -0.39 is 10.0 Å². The highest BCUT2D eigenvalue weighted by atomic mass is 32.2. The monoisotopic (exact) mass is 364 g/mol. The quantitative estimate of drug-likeness (QED) is 0.836. The Morgan fingerprint density at radius 3 is 2.32 bits per heavy atom. The van der Waals surface area contributed by atoms with E-state index >= 15 is 0 Å². The van der Waals surface area contributed by atoms with E-state index in [0.717, 1.165) is 31.7 Å². The summed E-state index contributed by atoms with van der Waals surface area (Å²) < 4.78 is 37.7. The smallest absolute Gasteiger partial charge is 0.263 e. The van der Waals surface area contributed by atoms with Gasteiger partial charge >= 0.3 is 0 Å². The molecule has 0 aliphatic carbocycles. The summed E-state index contributed by atoms with van der Waals surface area (Å²) in [5.41, 5.74) is 0. The summed E-state index contributed by atoms with van der Waals surface area (Å²) in [7, 11) is -0.868. The molecular weight excluding hydrogens is 344 g/mol. The molecule has 9 heteroatoms. The predicted molar refractivity (Wildman–Crippen MR) is 93.8 cm³/mol. The summed E-state index contributed by atoms with van der Waals surface area (Å²) in [6.45, 7) is 1.90. The summed E-state index contributed by atoms with van der Waals surface area (Å²) in [4.78, 5) is 2.18. The van der Waals surface area contributed by atoms with Gasteiger partial charge in [-0.15, -0.1) is 10.2 Å². The number of hydrogen-bond acceptors (Lipinski definition) is 7. The molecule has 0 bridgehead atoms. The molecule has 1 saturated heterocycles. The molecular formula is C16H20N4O4S. The number of anilines is 2. The third-order valence-electron chi connectivity index (χ3n) is 3.98. The highest BCUT2D eigenvalue weighted by Crippen LogP contribution is 2.30. The minimum absolute atomic E-state index is 0.0515. The maximum atomic E-state index is 12.5. The number of benzene rings is 1. The van der Waals surface area contributed by atoms with Crippen molar-refractivity contribution in [2.75, 3.05) is 36.9 Å². The maximum absolute atomic E-state index is 12.5. The molecule has 0 atom stereocenters. The van der Waals surface area contributed by atoms with E-state index in [-0.39, 0.29) is 10.7 Å². The van der Waals surface area contributed by atoms with Crippen LogP contribution in [0.2, 0.25) is 0 Å². The first-order chi connectivity index (χ1) is 12.0. The van der Waals surface area contributed by atoms with Gasteiger partial charge in [0.15, 0.2) is 23.1 Å².